The van der Waals surface area contributed by atoms with E-state index in [9.17, 15) is 34.8 Å². The van der Waals surface area contributed by atoms with Crippen LogP contribution in [-0.2, 0) is 27.2 Å². The second-order valence-corrected chi connectivity index (χ2v) is 8.65. The lowest BCUT2D eigenvalue weighted by atomic mass is 9.94. The highest BCUT2D eigenvalue weighted by molar-refractivity contribution is 5.92. The van der Waals surface area contributed by atoms with Gasteiger partial charge in [-0.2, -0.15) is 0 Å². The number of phenolic OH excluding ortho intramolecular Hbond substituents is 3. The molecule has 2 aromatic carbocycles. The fourth-order valence-corrected chi connectivity index (χ4v) is 3.93. The molecular formula is C24H29N3O7. The zero-order chi connectivity index (χ0) is 25.2. The normalized spacial score (nSPS) is 22.0. The molecule has 34 heavy (non-hydrogen) atoms. The highest BCUT2D eigenvalue weighted by atomic mass is 16.4. The molecule has 3 rings (SSSR count). The van der Waals surface area contributed by atoms with Crippen molar-refractivity contribution in [3.05, 3.63) is 41.5 Å². The first kappa shape index (κ1) is 24.8. The minimum absolute atomic E-state index is 0.0650. The van der Waals surface area contributed by atoms with Crippen molar-refractivity contribution in [2.24, 2.45) is 11.7 Å². The first-order valence-electron chi connectivity index (χ1n) is 11.0. The Bertz CT molecular complexity index is 1120. The highest BCUT2D eigenvalue weighted by Gasteiger charge is 2.32. The van der Waals surface area contributed by atoms with Crippen LogP contribution in [0.4, 0.5) is 0 Å². The standard InChI is InChI=1S/C24H29N3O7/c1-3-11(2)20-23(32)26-17(24(33)34)9-13-7-15(21(30)19(29)10-13)14-6-12(4-5-18(14)28)8-16(25)22(31)27-20/h4-7,10-11,16-17,20,28-30H,3,8-9,25H2,1-2H3,(H,26,32)(H,27,31)(H,33,34)/t11-,16+,17+,20+/m1/s1. The van der Waals surface area contributed by atoms with Gasteiger partial charge in [0.15, 0.2) is 11.5 Å². The number of hydrogen-bond donors (Lipinski definition) is 7. The molecule has 0 saturated heterocycles. The van der Waals surface area contributed by atoms with E-state index in [4.69, 9.17) is 5.73 Å². The molecule has 1 aliphatic rings. The zero-order valence-electron chi connectivity index (χ0n) is 18.9. The van der Waals surface area contributed by atoms with Gasteiger partial charge in [-0.25, -0.2) is 4.79 Å². The predicted molar refractivity (Wildman–Crippen MR) is 123 cm³/mol. The number of carbonyl (C=O) groups excluding carboxylic acids is 2. The second-order valence-electron chi connectivity index (χ2n) is 8.65. The minimum Gasteiger partial charge on any atom is -0.507 e. The van der Waals surface area contributed by atoms with Crippen molar-refractivity contribution in [2.75, 3.05) is 0 Å². The summed E-state index contributed by atoms with van der Waals surface area (Å²) < 4.78 is 0. The van der Waals surface area contributed by atoms with E-state index in [0.717, 1.165) is 0 Å². The van der Waals surface area contributed by atoms with Crippen LogP contribution in [0, 0.1) is 5.92 Å². The summed E-state index contributed by atoms with van der Waals surface area (Å²) in [6.07, 6.45) is 0.392. The van der Waals surface area contributed by atoms with Crippen molar-refractivity contribution in [3.63, 3.8) is 0 Å². The Morgan fingerprint density at radius 3 is 2.32 bits per heavy atom. The van der Waals surface area contributed by atoms with Gasteiger partial charge in [0.25, 0.3) is 0 Å². The number of rotatable bonds is 3. The van der Waals surface area contributed by atoms with Crippen LogP contribution in [0.5, 0.6) is 17.2 Å². The van der Waals surface area contributed by atoms with E-state index < -0.39 is 47.4 Å². The van der Waals surface area contributed by atoms with E-state index in [2.05, 4.69) is 10.6 Å². The van der Waals surface area contributed by atoms with Crippen LogP contribution >= 0.6 is 0 Å². The number of amides is 2. The summed E-state index contributed by atoms with van der Waals surface area (Å²) in [5.74, 6) is -4.08. The fourth-order valence-electron chi connectivity index (χ4n) is 3.93. The monoisotopic (exact) mass is 471 g/mol. The summed E-state index contributed by atoms with van der Waals surface area (Å²) in [7, 11) is 0. The number of phenols is 3. The van der Waals surface area contributed by atoms with E-state index in [0.29, 0.717) is 17.5 Å². The summed E-state index contributed by atoms with van der Waals surface area (Å²) in [6, 6.07) is 3.69. The molecule has 0 aromatic heterocycles. The third kappa shape index (κ3) is 5.23. The van der Waals surface area contributed by atoms with Crippen LogP contribution < -0.4 is 16.4 Å². The van der Waals surface area contributed by atoms with E-state index in [1.54, 1.807) is 13.0 Å². The van der Waals surface area contributed by atoms with Crippen LogP contribution in [0.15, 0.2) is 30.3 Å². The van der Waals surface area contributed by atoms with Crippen molar-refractivity contribution in [3.8, 4) is 28.4 Å². The summed E-state index contributed by atoms with van der Waals surface area (Å²) in [5, 5.41) is 46.0. The molecule has 10 nitrogen and oxygen atoms in total. The molecule has 2 amide bonds. The summed E-state index contributed by atoms with van der Waals surface area (Å²) in [5.41, 5.74) is 7.20. The van der Waals surface area contributed by atoms with Gasteiger partial charge in [0, 0.05) is 17.5 Å². The molecule has 8 N–H and O–H groups in total. The Morgan fingerprint density at radius 1 is 1.00 bits per heavy atom. The minimum atomic E-state index is -1.38. The second kappa shape index (κ2) is 10.0. The Kier molecular flexibility index (Phi) is 7.31. The number of nitrogens with one attached hydrogen (secondary N) is 2. The fraction of sp³-hybridized carbons (Fsp3) is 0.375. The number of fused-ring (bicyclic) bond motifs is 5. The molecule has 0 spiro atoms. The number of aliphatic carboxylic acids is 1. The molecule has 0 radical (unpaired) electrons. The number of hydrogen-bond acceptors (Lipinski definition) is 7. The first-order chi connectivity index (χ1) is 16.0. The van der Waals surface area contributed by atoms with Crippen LogP contribution in [0.25, 0.3) is 11.1 Å². The molecule has 4 bridgehead atoms. The van der Waals surface area contributed by atoms with Gasteiger partial charge >= 0.3 is 5.97 Å². The number of carboxylic acid groups (broad SMARTS) is 1. The van der Waals surface area contributed by atoms with Crippen molar-refractivity contribution in [1.82, 2.24) is 10.6 Å². The van der Waals surface area contributed by atoms with Crippen LogP contribution in [0.3, 0.4) is 0 Å². The van der Waals surface area contributed by atoms with Crippen molar-refractivity contribution in [1.29, 1.82) is 0 Å². The molecule has 4 atom stereocenters. The molecule has 1 aliphatic heterocycles. The lowest BCUT2D eigenvalue weighted by Crippen LogP contribution is -2.57. The lowest BCUT2D eigenvalue weighted by Gasteiger charge is -2.26. The summed E-state index contributed by atoms with van der Waals surface area (Å²) >= 11 is 0. The summed E-state index contributed by atoms with van der Waals surface area (Å²) in [6.45, 7) is 3.60. The molecule has 0 fully saturated rings. The molecule has 182 valence electrons. The SMILES string of the molecule is CC[C@@H](C)[C@@H]1NC(=O)[C@@H](N)Cc2ccc(O)c(c2)-c2cc(cc(O)c2O)C[C@@H](C(=O)O)NC1=O. The van der Waals surface area contributed by atoms with Gasteiger partial charge < -0.3 is 36.8 Å². The topological polar surface area (TPSA) is 182 Å². The van der Waals surface area contributed by atoms with Crippen LogP contribution in [-0.4, -0.2) is 56.3 Å². The maximum atomic E-state index is 13.0. The maximum absolute atomic E-state index is 13.0. The van der Waals surface area contributed by atoms with Gasteiger partial charge in [-0.15, -0.1) is 0 Å². The number of carboxylic acids is 1. The van der Waals surface area contributed by atoms with Crippen molar-refractivity contribution < 1.29 is 34.8 Å². The van der Waals surface area contributed by atoms with E-state index in [1.807, 2.05) is 6.92 Å². The molecule has 0 unspecified atom stereocenters. The molecule has 0 saturated carbocycles. The van der Waals surface area contributed by atoms with Crippen LogP contribution in [0.1, 0.15) is 31.4 Å². The number of aromatic hydroxyl groups is 3. The zero-order valence-corrected chi connectivity index (χ0v) is 18.9. The smallest absolute Gasteiger partial charge is 0.326 e. The molecule has 0 aliphatic carbocycles. The van der Waals surface area contributed by atoms with Gasteiger partial charge in [0.05, 0.1) is 6.04 Å². The van der Waals surface area contributed by atoms with Gasteiger partial charge in [-0.1, -0.05) is 26.3 Å². The Balaban J connectivity index is 2.17. The van der Waals surface area contributed by atoms with Gasteiger partial charge in [-0.3, -0.25) is 9.59 Å². The molecule has 10 heteroatoms. The average molecular weight is 472 g/mol. The Labute approximate surface area is 196 Å². The summed E-state index contributed by atoms with van der Waals surface area (Å²) in [4.78, 5) is 37.7. The van der Waals surface area contributed by atoms with Crippen molar-refractivity contribution >= 4 is 17.8 Å². The first-order valence-corrected chi connectivity index (χ1v) is 11.0. The quantitative estimate of drug-likeness (QED) is 0.323. The number of nitrogens with two attached hydrogens (primary N) is 1. The maximum Gasteiger partial charge on any atom is 0.326 e. The lowest BCUT2D eigenvalue weighted by molar-refractivity contribution is -0.142. The van der Waals surface area contributed by atoms with Gasteiger partial charge in [0.1, 0.15) is 17.8 Å². The van der Waals surface area contributed by atoms with E-state index in [-0.39, 0.29) is 35.6 Å². The Hall–Kier alpha value is -3.79. The van der Waals surface area contributed by atoms with E-state index in [1.165, 1.54) is 24.3 Å². The third-order valence-electron chi connectivity index (χ3n) is 6.14. The number of carbonyl (C=O) groups is 3. The largest absolute Gasteiger partial charge is 0.507 e. The molecule has 1 heterocycles. The Morgan fingerprint density at radius 2 is 1.68 bits per heavy atom. The van der Waals surface area contributed by atoms with E-state index >= 15 is 0 Å². The van der Waals surface area contributed by atoms with Crippen molar-refractivity contribution in [2.45, 2.75) is 51.2 Å². The molecule has 2 aromatic rings. The third-order valence-corrected chi connectivity index (χ3v) is 6.14. The molecular weight excluding hydrogens is 442 g/mol. The predicted octanol–water partition coefficient (Wildman–Crippen LogP) is 0.997. The average Bonchev–Trinajstić information content (AvgIpc) is 2.79. The highest BCUT2D eigenvalue weighted by Crippen LogP contribution is 2.42. The number of benzene rings is 2. The van der Waals surface area contributed by atoms with Crippen LogP contribution in [0.2, 0.25) is 0 Å². The van der Waals surface area contributed by atoms with Gasteiger partial charge in [-0.05, 0) is 47.7 Å². The van der Waals surface area contributed by atoms with Gasteiger partial charge in [0.2, 0.25) is 11.8 Å².